The Morgan fingerprint density at radius 2 is 1.58 bits per heavy atom. The van der Waals surface area contributed by atoms with Crippen molar-refractivity contribution in [1.82, 2.24) is 0 Å². The number of hydrogen-bond donors (Lipinski definition) is 0. The number of hydrogen-bond acceptors (Lipinski definition) is 2. The first-order valence-corrected chi connectivity index (χ1v) is 12.4. The lowest BCUT2D eigenvalue weighted by Crippen LogP contribution is -2.44. The van der Waals surface area contributed by atoms with Gasteiger partial charge in [0.15, 0.2) is 5.79 Å². The second-order valence-corrected chi connectivity index (χ2v) is 9.79. The zero-order valence-corrected chi connectivity index (χ0v) is 19.2. The van der Waals surface area contributed by atoms with Crippen LogP contribution in [0.5, 0.6) is 0 Å². The fraction of sp³-hybridized carbons (Fsp3) is 0.517. The van der Waals surface area contributed by atoms with Crippen molar-refractivity contribution >= 4 is 5.57 Å². The van der Waals surface area contributed by atoms with E-state index in [0.29, 0.717) is 0 Å². The normalized spacial score (nSPS) is 27.1. The first-order chi connectivity index (χ1) is 15.2. The highest BCUT2D eigenvalue weighted by molar-refractivity contribution is 6.01. The van der Waals surface area contributed by atoms with Gasteiger partial charge in [-0.05, 0) is 60.4 Å². The second kappa shape index (κ2) is 8.56. The highest BCUT2D eigenvalue weighted by Crippen LogP contribution is 2.59. The first-order valence-electron chi connectivity index (χ1n) is 12.4. The second-order valence-electron chi connectivity index (χ2n) is 9.79. The summed E-state index contributed by atoms with van der Waals surface area (Å²) < 4.78 is 13.3. The zero-order valence-electron chi connectivity index (χ0n) is 19.2. The summed E-state index contributed by atoms with van der Waals surface area (Å²) in [5.41, 5.74) is 6.78. The molecule has 0 bridgehead atoms. The topological polar surface area (TPSA) is 18.5 Å². The maximum absolute atomic E-state index is 6.83. The standard InChI is InChI=1S/C29H36O2/c1-3-4-5-6-12-22(2)31-29-18-11-17-28(29,19-20-30-29)21-27-25-15-9-7-13-23(25)24-14-8-10-16-26(24)27/h7-10,13-16,21-22H,3-6,11-12,17-20H2,1-2H3/t22?,28-,29+/m0/s1. The van der Waals surface area contributed by atoms with Gasteiger partial charge in [0.2, 0.25) is 0 Å². The van der Waals surface area contributed by atoms with Gasteiger partial charge in [-0.1, -0.05) is 87.2 Å². The van der Waals surface area contributed by atoms with Gasteiger partial charge in [0, 0.05) is 11.8 Å². The molecular formula is C29H36O2. The Kier molecular flexibility index (Phi) is 5.79. The molecule has 164 valence electrons. The molecule has 2 aromatic rings. The van der Waals surface area contributed by atoms with Crippen molar-refractivity contribution in [1.29, 1.82) is 0 Å². The Morgan fingerprint density at radius 3 is 2.26 bits per heavy atom. The van der Waals surface area contributed by atoms with E-state index in [4.69, 9.17) is 9.47 Å². The maximum atomic E-state index is 6.83. The van der Waals surface area contributed by atoms with Gasteiger partial charge >= 0.3 is 0 Å². The Bertz CT molecular complexity index is 899. The summed E-state index contributed by atoms with van der Waals surface area (Å²) in [5.74, 6) is -0.448. The van der Waals surface area contributed by atoms with Crippen LogP contribution in [-0.2, 0) is 9.47 Å². The van der Waals surface area contributed by atoms with E-state index >= 15 is 0 Å². The predicted octanol–water partition coefficient (Wildman–Crippen LogP) is 7.76. The minimum absolute atomic E-state index is 0.0232. The molecule has 1 saturated heterocycles. The molecule has 0 N–H and O–H groups in total. The molecule has 2 aromatic carbocycles. The van der Waals surface area contributed by atoms with E-state index in [0.717, 1.165) is 32.3 Å². The van der Waals surface area contributed by atoms with Crippen LogP contribution in [0.25, 0.3) is 16.7 Å². The molecule has 1 heterocycles. The fourth-order valence-electron chi connectivity index (χ4n) is 6.19. The van der Waals surface area contributed by atoms with E-state index in [2.05, 4.69) is 68.5 Å². The lowest BCUT2D eigenvalue weighted by Gasteiger charge is -2.39. The third-order valence-electron chi connectivity index (χ3n) is 7.77. The molecule has 0 radical (unpaired) electrons. The summed E-state index contributed by atoms with van der Waals surface area (Å²) >= 11 is 0. The number of benzene rings is 2. The fourth-order valence-corrected chi connectivity index (χ4v) is 6.19. The van der Waals surface area contributed by atoms with Crippen LogP contribution in [0.4, 0.5) is 0 Å². The van der Waals surface area contributed by atoms with Gasteiger partial charge in [0.05, 0.1) is 12.7 Å². The van der Waals surface area contributed by atoms with E-state index in [1.54, 1.807) is 0 Å². The largest absolute Gasteiger partial charge is 0.349 e. The predicted molar refractivity (Wildman–Crippen MR) is 128 cm³/mol. The molecule has 0 aromatic heterocycles. The molecule has 5 rings (SSSR count). The van der Waals surface area contributed by atoms with Crippen LogP contribution in [0.3, 0.4) is 0 Å². The monoisotopic (exact) mass is 416 g/mol. The molecule has 1 saturated carbocycles. The van der Waals surface area contributed by atoms with E-state index in [1.807, 2.05) is 0 Å². The molecule has 1 unspecified atom stereocenters. The Hall–Kier alpha value is -1.90. The van der Waals surface area contributed by atoms with Crippen molar-refractivity contribution < 1.29 is 9.47 Å². The molecule has 2 heteroatoms. The Balaban J connectivity index is 1.47. The van der Waals surface area contributed by atoms with Gasteiger partial charge in [-0.3, -0.25) is 0 Å². The number of fused-ring (bicyclic) bond motifs is 4. The van der Waals surface area contributed by atoms with Crippen molar-refractivity contribution in [2.45, 2.75) is 83.5 Å². The van der Waals surface area contributed by atoms with Crippen LogP contribution in [-0.4, -0.2) is 18.5 Å². The third-order valence-corrected chi connectivity index (χ3v) is 7.77. The highest BCUT2D eigenvalue weighted by atomic mass is 16.7. The smallest absolute Gasteiger partial charge is 0.177 e. The van der Waals surface area contributed by atoms with Crippen molar-refractivity contribution in [2.24, 2.45) is 5.41 Å². The van der Waals surface area contributed by atoms with E-state index in [1.165, 1.54) is 59.9 Å². The van der Waals surface area contributed by atoms with Gasteiger partial charge < -0.3 is 9.47 Å². The average molecular weight is 417 g/mol. The number of ether oxygens (including phenoxy) is 2. The zero-order chi connectivity index (χ0) is 21.3. The quantitative estimate of drug-likeness (QED) is 0.349. The van der Waals surface area contributed by atoms with Crippen LogP contribution < -0.4 is 0 Å². The summed E-state index contributed by atoms with van der Waals surface area (Å²) in [6, 6.07) is 17.7. The summed E-state index contributed by atoms with van der Waals surface area (Å²) in [5, 5.41) is 0. The Morgan fingerprint density at radius 1 is 0.903 bits per heavy atom. The first kappa shape index (κ1) is 21.0. The van der Waals surface area contributed by atoms with Crippen LogP contribution in [0.15, 0.2) is 54.6 Å². The summed E-state index contributed by atoms with van der Waals surface area (Å²) in [6.07, 6.45) is 13.5. The SMILES string of the molecule is CCCCCCC(C)O[C@]12CCC[C@@]1(C=C1c3ccccc3-c3ccccc31)CCO2. The minimum atomic E-state index is -0.448. The molecule has 2 aliphatic carbocycles. The van der Waals surface area contributed by atoms with Gasteiger partial charge in [-0.15, -0.1) is 0 Å². The molecule has 31 heavy (non-hydrogen) atoms. The molecule has 2 nitrogen and oxygen atoms in total. The molecule has 3 aliphatic rings. The van der Waals surface area contributed by atoms with Crippen LogP contribution in [0.1, 0.15) is 82.8 Å². The number of unbranched alkanes of at least 4 members (excludes halogenated alkanes) is 3. The van der Waals surface area contributed by atoms with Gasteiger partial charge in [0.1, 0.15) is 0 Å². The van der Waals surface area contributed by atoms with Crippen molar-refractivity contribution in [2.75, 3.05) is 6.61 Å². The molecule has 2 fully saturated rings. The summed E-state index contributed by atoms with van der Waals surface area (Å²) in [7, 11) is 0. The van der Waals surface area contributed by atoms with Crippen molar-refractivity contribution in [3.8, 4) is 11.1 Å². The van der Waals surface area contributed by atoms with Crippen molar-refractivity contribution in [3.63, 3.8) is 0 Å². The van der Waals surface area contributed by atoms with E-state index in [-0.39, 0.29) is 11.5 Å². The lowest BCUT2D eigenvalue weighted by molar-refractivity contribution is -0.258. The maximum Gasteiger partial charge on any atom is 0.177 e. The van der Waals surface area contributed by atoms with Gasteiger partial charge in [0.25, 0.3) is 0 Å². The molecule has 0 spiro atoms. The molecule has 3 atom stereocenters. The summed E-state index contributed by atoms with van der Waals surface area (Å²) in [6.45, 7) is 5.32. The molecule has 1 aliphatic heterocycles. The highest BCUT2D eigenvalue weighted by Gasteiger charge is 2.60. The summed E-state index contributed by atoms with van der Waals surface area (Å²) in [4.78, 5) is 0. The van der Waals surface area contributed by atoms with E-state index in [9.17, 15) is 0 Å². The molecule has 0 amide bonds. The van der Waals surface area contributed by atoms with Crippen LogP contribution in [0, 0.1) is 5.41 Å². The van der Waals surface area contributed by atoms with Crippen LogP contribution >= 0.6 is 0 Å². The minimum Gasteiger partial charge on any atom is -0.349 e. The van der Waals surface area contributed by atoms with E-state index < -0.39 is 5.79 Å². The van der Waals surface area contributed by atoms with Gasteiger partial charge in [-0.25, -0.2) is 0 Å². The third kappa shape index (κ3) is 3.58. The average Bonchev–Trinajstić information content (AvgIpc) is 3.39. The van der Waals surface area contributed by atoms with Gasteiger partial charge in [-0.2, -0.15) is 0 Å². The number of rotatable bonds is 8. The van der Waals surface area contributed by atoms with Crippen LogP contribution in [0.2, 0.25) is 0 Å². The lowest BCUT2D eigenvalue weighted by atomic mass is 9.77. The molecular weight excluding hydrogens is 380 g/mol. The Labute approximate surface area is 187 Å². The van der Waals surface area contributed by atoms with Crippen molar-refractivity contribution in [3.05, 3.63) is 65.7 Å².